The average Bonchev–Trinajstić information content (AvgIpc) is 2.41. The molecule has 20 heavy (non-hydrogen) atoms. The fourth-order valence-electron chi connectivity index (χ4n) is 2.48. The van der Waals surface area contributed by atoms with E-state index in [1.165, 1.54) is 6.92 Å². The summed E-state index contributed by atoms with van der Waals surface area (Å²) in [6.07, 6.45) is 2.06. The van der Waals surface area contributed by atoms with Crippen molar-refractivity contribution in [2.45, 2.75) is 32.2 Å². The lowest BCUT2D eigenvalue weighted by molar-refractivity contribution is -0.131. The number of nitrogens with zero attached hydrogens (tertiary/aromatic N) is 1. The van der Waals surface area contributed by atoms with Crippen molar-refractivity contribution >= 4 is 17.5 Å². The van der Waals surface area contributed by atoms with Crippen LogP contribution in [0.4, 0.5) is 5.69 Å². The fourth-order valence-corrected chi connectivity index (χ4v) is 2.48. The zero-order valence-electron chi connectivity index (χ0n) is 11.8. The van der Waals surface area contributed by atoms with Crippen LogP contribution in [-0.4, -0.2) is 35.8 Å². The smallest absolute Gasteiger partial charge is 0.226 e. The quantitative estimate of drug-likeness (QED) is 0.806. The standard InChI is InChI=1S/C15H21N3O2/c1-11(19)17-14-6-8-18(9-7-14)15(20)10-12-2-4-13(16)5-3-12/h2-5,14H,6-10,16H2,1H3,(H,17,19). The lowest BCUT2D eigenvalue weighted by Gasteiger charge is -2.32. The zero-order chi connectivity index (χ0) is 14.5. The van der Waals surface area contributed by atoms with Gasteiger partial charge in [0.1, 0.15) is 0 Å². The molecule has 0 aliphatic carbocycles. The van der Waals surface area contributed by atoms with Gasteiger partial charge in [0, 0.05) is 31.7 Å². The normalized spacial score (nSPS) is 15.9. The highest BCUT2D eigenvalue weighted by Crippen LogP contribution is 2.13. The molecule has 2 rings (SSSR count). The van der Waals surface area contributed by atoms with Gasteiger partial charge in [-0.1, -0.05) is 12.1 Å². The highest BCUT2D eigenvalue weighted by Gasteiger charge is 2.22. The maximum atomic E-state index is 12.2. The molecule has 0 unspecified atom stereocenters. The number of anilines is 1. The molecule has 1 aliphatic heterocycles. The summed E-state index contributed by atoms with van der Waals surface area (Å²) >= 11 is 0. The summed E-state index contributed by atoms with van der Waals surface area (Å²) in [6, 6.07) is 7.60. The van der Waals surface area contributed by atoms with Crippen molar-refractivity contribution in [3.8, 4) is 0 Å². The lowest BCUT2D eigenvalue weighted by Crippen LogP contribution is -2.46. The fraction of sp³-hybridized carbons (Fsp3) is 0.467. The summed E-state index contributed by atoms with van der Waals surface area (Å²) in [5.41, 5.74) is 7.31. The molecule has 0 atom stereocenters. The number of amides is 2. The van der Waals surface area contributed by atoms with E-state index in [2.05, 4.69) is 5.32 Å². The third-order valence-electron chi connectivity index (χ3n) is 3.59. The van der Waals surface area contributed by atoms with Gasteiger partial charge in [0.15, 0.2) is 0 Å². The van der Waals surface area contributed by atoms with Crippen LogP contribution in [-0.2, 0) is 16.0 Å². The van der Waals surface area contributed by atoms with Crippen molar-refractivity contribution in [3.05, 3.63) is 29.8 Å². The molecule has 2 amide bonds. The van der Waals surface area contributed by atoms with Crippen LogP contribution in [0.2, 0.25) is 0 Å². The monoisotopic (exact) mass is 275 g/mol. The van der Waals surface area contributed by atoms with E-state index in [0.717, 1.165) is 18.4 Å². The van der Waals surface area contributed by atoms with Gasteiger partial charge in [0.25, 0.3) is 0 Å². The van der Waals surface area contributed by atoms with Crippen molar-refractivity contribution in [3.63, 3.8) is 0 Å². The number of nitrogens with two attached hydrogens (primary N) is 1. The van der Waals surface area contributed by atoms with Crippen LogP contribution < -0.4 is 11.1 Å². The number of piperidine rings is 1. The summed E-state index contributed by atoms with van der Waals surface area (Å²) in [5.74, 6) is 0.132. The zero-order valence-corrected chi connectivity index (χ0v) is 11.8. The molecule has 1 aromatic carbocycles. The van der Waals surface area contributed by atoms with Crippen molar-refractivity contribution in [1.82, 2.24) is 10.2 Å². The second-order valence-electron chi connectivity index (χ2n) is 5.27. The molecule has 108 valence electrons. The molecule has 0 aromatic heterocycles. The van der Waals surface area contributed by atoms with Crippen LogP contribution in [0.25, 0.3) is 0 Å². The topological polar surface area (TPSA) is 75.4 Å². The van der Waals surface area contributed by atoms with Gasteiger partial charge in [-0.25, -0.2) is 0 Å². The Morgan fingerprint density at radius 1 is 1.25 bits per heavy atom. The Morgan fingerprint density at radius 3 is 2.40 bits per heavy atom. The first kappa shape index (κ1) is 14.4. The Hall–Kier alpha value is -2.04. The summed E-state index contributed by atoms with van der Waals surface area (Å²) in [5, 5.41) is 2.91. The first-order chi connectivity index (χ1) is 9.54. The van der Waals surface area contributed by atoms with Crippen molar-refractivity contribution in [2.75, 3.05) is 18.8 Å². The van der Waals surface area contributed by atoms with E-state index in [0.29, 0.717) is 25.2 Å². The molecule has 1 saturated heterocycles. The van der Waals surface area contributed by atoms with Crippen LogP contribution in [0.3, 0.4) is 0 Å². The number of benzene rings is 1. The highest BCUT2D eigenvalue weighted by molar-refractivity contribution is 5.79. The van der Waals surface area contributed by atoms with Crippen molar-refractivity contribution in [1.29, 1.82) is 0 Å². The third kappa shape index (κ3) is 3.98. The molecule has 0 bridgehead atoms. The summed E-state index contributed by atoms with van der Waals surface area (Å²) < 4.78 is 0. The molecule has 5 heteroatoms. The number of likely N-dealkylation sites (tertiary alicyclic amines) is 1. The SMILES string of the molecule is CC(=O)NC1CCN(C(=O)Cc2ccc(N)cc2)CC1. The average molecular weight is 275 g/mol. The molecule has 1 fully saturated rings. The van der Waals surface area contributed by atoms with E-state index in [1.54, 1.807) is 0 Å². The third-order valence-corrected chi connectivity index (χ3v) is 3.59. The number of nitrogen functional groups attached to an aromatic ring is 1. The number of rotatable bonds is 3. The maximum Gasteiger partial charge on any atom is 0.226 e. The van der Waals surface area contributed by atoms with E-state index >= 15 is 0 Å². The van der Waals surface area contributed by atoms with Gasteiger partial charge in [-0.05, 0) is 30.5 Å². The van der Waals surface area contributed by atoms with Gasteiger partial charge < -0.3 is 16.0 Å². The summed E-state index contributed by atoms with van der Waals surface area (Å²) in [7, 11) is 0. The minimum atomic E-state index is -0.00310. The van der Waals surface area contributed by atoms with Crippen molar-refractivity contribution in [2.24, 2.45) is 0 Å². The molecule has 5 nitrogen and oxygen atoms in total. The molecule has 0 spiro atoms. The number of carbonyl (C=O) groups is 2. The minimum absolute atomic E-state index is 0.00310. The number of nitrogens with one attached hydrogen (secondary N) is 1. The predicted octanol–water partition coefficient (Wildman–Crippen LogP) is 0.938. The number of hydrogen-bond acceptors (Lipinski definition) is 3. The van der Waals surface area contributed by atoms with Crippen LogP contribution in [0.1, 0.15) is 25.3 Å². The first-order valence-electron chi connectivity index (χ1n) is 6.94. The summed E-state index contributed by atoms with van der Waals surface area (Å²) in [4.78, 5) is 25.1. The summed E-state index contributed by atoms with van der Waals surface area (Å²) in [6.45, 7) is 2.94. The molecule has 1 aromatic rings. The van der Waals surface area contributed by atoms with Gasteiger partial charge >= 0.3 is 0 Å². The Morgan fingerprint density at radius 2 is 1.85 bits per heavy atom. The van der Waals surface area contributed by atoms with E-state index in [4.69, 9.17) is 5.73 Å². The Balaban J connectivity index is 1.82. The van der Waals surface area contributed by atoms with Gasteiger partial charge in [-0.15, -0.1) is 0 Å². The van der Waals surface area contributed by atoms with E-state index in [9.17, 15) is 9.59 Å². The van der Waals surface area contributed by atoms with E-state index < -0.39 is 0 Å². The largest absolute Gasteiger partial charge is 0.399 e. The van der Waals surface area contributed by atoms with Crippen LogP contribution in [0.5, 0.6) is 0 Å². The molecular weight excluding hydrogens is 254 g/mol. The van der Waals surface area contributed by atoms with Gasteiger partial charge in [-0.3, -0.25) is 9.59 Å². The predicted molar refractivity (Wildman–Crippen MR) is 78.0 cm³/mol. The molecule has 1 heterocycles. The van der Waals surface area contributed by atoms with E-state index in [1.807, 2.05) is 29.2 Å². The second-order valence-corrected chi connectivity index (χ2v) is 5.27. The molecule has 0 saturated carbocycles. The van der Waals surface area contributed by atoms with Crippen molar-refractivity contribution < 1.29 is 9.59 Å². The highest BCUT2D eigenvalue weighted by atomic mass is 16.2. The maximum absolute atomic E-state index is 12.2. The molecule has 3 N–H and O–H groups in total. The van der Waals surface area contributed by atoms with Gasteiger partial charge in [0.2, 0.25) is 11.8 Å². The Labute approximate surface area is 119 Å². The Kier molecular flexibility index (Phi) is 4.61. The number of carbonyl (C=O) groups excluding carboxylic acids is 2. The van der Waals surface area contributed by atoms with Crippen LogP contribution >= 0.6 is 0 Å². The molecule has 1 aliphatic rings. The minimum Gasteiger partial charge on any atom is -0.399 e. The van der Waals surface area contributed by atoms with E-state index in [-0.39, 0.29) is 17.9 Å². The van der Waals surface area contributed by atoms with Gasteiger partial charge in [-0.2, -0.15) is 0 Å². The number of hydrogen-bond donors (Lipinski definition) is 2. The van der Waals surface area contributed by atoms with Crippen LogP contribution in [0.15, 0.2) is 24.3 Å². The van der Waals surface area contributed by atoms with Gasteiger partial charge in [0.05, 0.1) is 6.42 Å². The second kappa shape index (κ2) is 6.41. The Bertz CT molecular complexity index is 476. The molecular formula is C15H21N3O2. The first-order valence-corrected chi connectivity index (χ1v) is 6.94. The molecule has 0 radical (unpaired) electrons. The lowest BCUT2D eigenvalue weighted by atomic mass is 10.0. The van der Waals surface area contributed by atoms with Crippen LogP contribution in [0, 0.1) is 0 Å².